The van der Waals surface area contributed by atoms with Crippen molar-refractivity contribution >= 4 is 11.9 Å². The van der Waals surface area contributed by atoms with Crippen LogP contribution in [-0.4, -0.2) is 23.5 Å². The molecule has 90 valence electrons. The van der Waals surface area contributed by atoms with Crippen LogP contribution in [0.2, 0.25) is 0 Å². The predicted molar refractivity (Wildman–Crippen MR) is 61.7 cm³/mol. The molecule has 0 aliphatic heterocycles. The third-order valence-electron chi connectivity index (χ3n) is 2.43. The van der Waals surface area contributed by atoms with Crippen LogP contribution in [-0.2, 0) is 9.59 Å². The fourth-order valence-corrected chi connectivity index (χ4v) is 1.61. The molecule has 0 fully saturated rings. The summed E-state index contributed by atoms with van der Waals surface area (Å²) in [6, 6.07) is 0. The summed E-state index contributed by atoms with van der Waals surface area (Å²) in [7, 11) is 0. The van der Waals surface area contributed by atoms with Crippen molar-refractivity contribution in [3.8, 4) is 12.3 Å². The topological polar surface area (TPSA) is 66.4 Å². The number of carboxylic acid groups (broad SMARTS) is 1. The van der Waals surface area contributed by atoms with Crippen molar-refractivity contribution in [3.63, 3.8) is 0 Å². The second kappa shape index (κ2) is 8.78. The molecule has 0 radical (unpaired) electrons. The Kier molecular flexibility index (Phi) is 7.96. The van der Waals surface area contributed by atoms with Crippen molar-refractivity contribution in [1.29, 1.82) is 0 Å². The third-order valence-corrected chi connectivity index (χ3v) is 2.43. The highest BCUT2D eigenvalue weighted by atomic mass is 16.4. The first kappa shape index (κ1) is 14.5. The van der Waals surface area contributed by atoms with Gasteiger partial charge in [-0.2, -0.15) is 0 Å². The fourth-order valence-electron chi connectivity index (χ4n) is 1.61. The largest absolute Gasteiger partial charge is 0.481 e. The Balaban J connectivity index is 3.80. The van der Waals surface area contributed by atoms with E-state index in [4.69, 9.17) is 11.5 Å². The Labute approximate surface area is 96.4 Å². The van der Waals surface area contributed by atoms with Crippen LogP contribution in [0.15, 0.2) is 0 Å². The van der Waals surface area contributed by atoms with E-state index < -0.39 is 11.9 Å². The Hall–Kier alpha value is -1.50. The zero-order valence-electron chi connectivity index (χ0n) is 9.66. The van der Waals surface area contributed by atoms with Gasteiger partial charge in [0.25, 0.3) is 5.91 Å². The lowest BCUT2D eigenvalue weighted by Crippen LogP contribution is -2.24. The number of carboxylic acids is 1. The predicted octanol–water partition coefficient (Wildman–Crippen LogP) is 1.41. The molecular formula is C12H19NO3. The van der Waals surface area contributed by atoms with Gasteiger partial charge in [0.15, 0.2) is 0 Å². The highest BCUT2D eigenvalue weighted by Crippen LogP contribution is 2.16. The van der Waals surface area contributed by atoms with E-state index in [0.717, 1.165) is 19.3 Å². The van der Waals surface area contributed by atoms with E-state index in [9.17, 15) is 9.59 Å². The third kappa shape index (κ3) is 7.86. The van der Waals surface area contributed by atoms with Gasteiger partial charge in [-0.25, -0.2) is 0 Å². The van der Waals surface area contributed by atoms with Crippen LogP contribution in [0, 0.1) is 18.3 Å². The molecule has 4 nitrogen and oxygen atoms in total. The lowest BCUT2D eigenvalue weighted by atomic mass is 9.94. The smallest absolute Gasteiger partial charge is 0.303 e. The number of amides is 1. The highest BCUT2D eigenvalue weighted by Gasteiger charge is 2.10. The summed E-state index contributed by atoms with van der Waals surface area (Å²) in [4.78, 5) is 21.2. The van der Waals surface area contributed by atoms with Crippen LogP contribution >= 0.6 is 0 Å². The summed E-state index contributed by atoms with van der Waals surface area (Å²) in [5, 5.41) is 11.2. The maximum atomic E-state index is 10.8. The summed E-state index contributed by atoms with van der Waals surface area (Å²) in [5.74, 6) is 1.14. The number of terminal acetylenes is 1. The van der Waals surface area contributed by atoms with E-state index in [-0.39, 0.29) is 6.42 Å². The van der Waals surface area contributed by atoms with Gasteiger partial charge in [-0.15, -0.1) is 6.42 Å². The molecule has 0 aromatic carbocycles. The fraction of sp³-hybridized carbons (Fsp3) is 0.667. The Bertz CT molecular complexity index is 268. The van der Waals surface area contributed by atoms with Crippen molar-refractivity contribution in [2.45, 2.75) is 39.0 Å². The molecule has 1 unspecified atom stereocenters. The molecule has 1 amide bonds. The molecule has 0 saturated carbocycles. The van der Waals surface area contributed by atoms with Gasteiger partial charge in [-0.3, -0.25) is 9.59 Å². The maximum absolute atomic E-state index is 10.8. The zero-order valence-corrected chi connectivity index (χ0v) is 9.66. The van der Waals surface area contributed by atoms with Crippen LogP contribution in [0.25, 0.3) is 0 Å². The molecule has 0 aromatic rings. The van der Waals surface area contributed by atoms with Crippen LogP contribution < -0.4 is 5.32 Å². The van der Waals surface area contributed by atoms with Crippen molar-refractivity contribution in [2.24, 2.45) is 5.92 Å². The van der Waals surface area contributed by atoms with E-state index in [1.165, 1.54) is 0 Å². The molecule has 0 spiro atoms. The molecule has 0 aliphatic carbocycles. The first-order valence-corrected chi connectivity index (χ1v) is 5.56. The summed E-state index contributed by atoms with van der Waals surface area (Å²) in [5.41, 5.74) is 0. The van der Waals surface area contributed by atoms with Gasteiger partial charge >= 0.3 is 5.97 Å². The maximum Gasteiger partial charge on any atom is 0.303 e. The normalized spacial score (nSPS) is 11.5. The minimum atomic E-state index is -0.770. The molecule has 0 aliphatic rings. The van der Waals surface area contributed by atoms with E-state index >= 15 is 0 Å². The van der Waals surface area contributed by atoms with Crippen molar-refractivity contribution in [1.82, 2.24) is 5.32 Å². The van der Waals surface area contributed by atoms with E-state index in [1.807, 2.05) is 5.92 Å². The van der Waals surface area contributed by atoms with E-state index in [1.54, 1.807) is 0 Å². The number of rotatable bonds is 8. The molecule has 0 heterocycles. The molecular weight excluding hydrogens is 206 g/mol. The first-order valence-electron chi connectivity index (χ1n) is 5.56. The molecule has 2 N–H and O–H groups in total. The highest BCUT2D eigenvalue weighted by molar-refractivity contribution is 5.92. The Morgan fingerprint density at radius 2 is 2.06 bits per heavy atom. The number of nitrogens with one attached hydrogen (secondary N) is 1. The van der Waals surface area contributed by atoms with Gasteiger partial charge in [-0.05, 0) is 24.7 Å². The number of hydrogen-bond donors (Lipinski definition) is 2. The number of carbonyl (C=O) groups excluding carboxylic acids is 1. The van der Waals surface area contributed by atoms with Gasteiger partial charge in [0.05, 0.1) is 0 Å². The molecule has 0 rings (SSSR count). The second-order valence-corrected chi connectivity index (χ2v) is 3.78. The molecule has 16 heavy (non-hydrogen) atoms. The zero-order chi connectivity index (χ0) is 12.4. The molecule has 4 heteroatoms. The van der Waals surface area contributed by atoms with Gasteiger partial charge < -0.3 is 10.4 Å². The van der Waals surface area contributed by atoms with Crippen molar-refractivity contribution in [2.75, 3.05) is 6.54 Å². The first-order chi connectivity index (χ1) is 7.60. The van der Waals surface area contributed by atoms with Gasteiger partial charge in [0, 0.05) is 13.0 Å². The molecule has 1 atom stereocenters. The SMILES string of the molecule is C#CC(=O)NCCC(CCC)CCC(=O)O. The Morgan fingerprint density at radius 3 is 2.56 bits per heavy atom. The Morgan fingerprint density at radius 1 is 1.38 bits per heavy atom. The van der Waals surface area contributed by atoms with Crippen molar-refractivity contribution < 1.29 is 14.7 Å². The van der Waals surface area contributed by atoms with Crippen molar-refractivity contribution in [3.05, 3.63) is 0 Å². The van der Waals surface area contributed by atoms with Gasteiger partial charge in [-0.1, -0.05) is 19.8 Å². The molecule has 0 aromatic heterocycles. The summed E-state index contributed by atoms with van der Waals surface area (Å²) in [6.07, 6.45) is 8.55. The monoisotopic (exact) mass is 225 g/mol. The van der Waals surface area contributed by atoms with Crippen LogP contribution in [0.1, 0.15) is 39.0 Å². The summed E-state index contributed by atoms with van der Waals surface area (Å²) in [6.45, 7) is 2.58. The van der Waals surface area contributed by atoms with Gasteiger partial charge in [0.2, 0.25) is 0 Å². The average Bonchev–Trinajstić information content (AvgIpc) is 2.25. The van der Waals surface area contributed by atoms with Crippen LogP contribution in [0.5, 0.6) is 0 Å². The number of carbonyl (C=O) groups is 2. The molecule has 0 bridgehead atoms. The second-order valence-electron chi connectivity index (χ2n) is 3.78. The lowest BCUT2D eigenvalue weighted by Gasteiger charge is -2.14. The summed E-state index contributed by atoms with van der Waals surface area (Å²) >= 11 is 0. The van der Waals surface area contributed by atoms with Gasteiger partial charge in [0.1, 0.15) is 0 Å². The van der Waals surface area contributed by atoms with Crippen LogP contribution in [0.3, 0.4) is 0 Å². The quantitative estimate of drug-likeness (QED) is 0.614. The minimum absolute atomic E-state index is 0.188. The lowest BCUT2D eigenvalue weighted by molar-refractivity contribution is -0.137. The number of hydrogen-bond acceptors (Lipinski definition) is 2. The standard InChI is InChI=1S/C12H19NO3/c1-3-5-10(6-7-12(15)16)8-9-13-11(14)4-2/h2,10H,3,5-9H2,1H3,(H,13,14)(H,15,16). The van der Waals surface area contributed by atoms with Crippen LogP contribution in [0.4, 0.5) is 0 Å². The average molecular weight is 225 g/mol. The van der Waals surface area contributed by atoms with E-state index in [0.29, 0.717) is 18.9 Å². The summed E-state index contributed by atoms with van der Waals surface area (Å²) < 4.78 is 0. The minimum Gasteiger partial charge on any atom is -0.481 e. The van der Waals surface area contributed by atoms with E-state index in [2.05, 4.69) is 12.2 Å². The number of aliphatic carboxylic acids is 1. The molecule has 0 saturated heterocycles.